The van der Waals surface area contributed by atoms with Crippen molar-refractivity contribution in [3.05, 3.63) is 65.0 Å². The third-order valence-corrected chi connectivity index (χ3v) is 5.19. The van der Waals surface area contributed by atoms with Crippen LogP contribution in [0.15, 0.2) is 36.4 Å². The average Bonchev–Trinajstić information content (AvgIpc) is 2.78. The van der Waals surface area contributed by atoms with Crippen LogP contribution in [0.5, 0.6) is 5.75 Å². The molecule has 2 atom stereocenters. The van der Waals surface area contributed by atoms with Crippen molar-refractivity contribution in [2.75, 3.05) is 26.2 Å². The van der Waals surface area contributed by atoms with Crippen molar-refractivity contribution in [1.29, 1.82) is 0 Å². The summed E-state index contributed by atoms with van der Waals surface area (Å²) >= 11 is 0. The van der Waals surface area contributed by atoms with Crippen LogP contribution in [0, 0.1) is 17.5 Å². The first-order chi connectivity index (χ1) is 12.6. The predicted octanol–water partition coefficient (Wildman–Crippen LogP) is 3.44. The van der Waals surface area contributed by atoms with Crippen LogP contribution >= 0.6 is 0 Å². The molecule has 2 aliphatic rings. The fraction of sp³-hybridized carbons (Fsp3) is 0.400. The first kappa shape index (κ1) is 17.4. The van der Waals surface area contributed by atoms with Gasteiger partial charge in [0, 0.05) is 25.2 Å². The summed E-state index contributed by atoms with van der Waals surface area (Å²) in [6.45, 7) is 3.59. The van der Waals surface area contributed by atoms with Gasteiger partial charge in [-0.2, -0.15) is 0 Å². The summed E-state index contributed by atoms with van der Waals surface area (Å²) in [7, 11) is 0. The fourth-order valence-electron chi connectivity index (χ4n) is 3.97. The Morgan fingerprint density at radius 1 is 1.00 bits per heavy atom. The average molecular weight is 362 g/mol. The smallest absolute Gasteiger partial charge is 0.191 e. The zero-order valence-corrected chi connectivity index (χ0v) is 14.4. The highest BCUT2D eigenvalue weighted by Crippen LogP contribution is 2.39. The molecule has 0 bridgehead atoms. The van der Waals surface area contributed by atoms with Crippen molar-refractivity contribution in [2.45, 2.75) is 25.0 Å². The molecule has 1 saturated heterocycles. The largest absolute Gasteiger partial charge is 0.478 e. The molecule has 1 aliphatic carbocycles. The van der Waals surface area contributed by atoms with Gasteiger partial charge >= 0.3 is 0 Å². The summed E-state index contributed by atoms with van der Waals surface area (Å²) in [6, 6.07) is 9.14. The van der Waals surface area contributed by atoms with Gasteiger partial charge in [-0.15, -0.1) is 0 Å². The van der Waals surface area contributed by atoms with E-state index in [9.17, 15) is 13.2 Å². The molecule has 2 aromatic rings. The number of fused-ring (bicyclic) bond motifs is 1. The molecule has 1 N–H and O–H groups in total. The number of rotatable bonds is 3. The van der Waals surface area contributed by atoms with Crippen molar-refractivity contribution in [2.24, 2.45) is 0 Å². The number of nitrogens with one attached hydrogen (secondary N) is 1. The molecule has 1 fully saturated rings. The molecule has 0 saturated carbocycles. The second-order valence-corrected chi connectivity index (χ2v) is 6.85. The third kappa shape index (κ3) is 3.31. The monoisotopic (exact) mass is 362 g/mol. The highest BCUT2D eigenvalue weighted by molar-refractivity contribution is 5.38. The summed E-state index contributed by atoms with van der Waals surface area (Å²) in [4.78, 5) is 2.32. The van der Waals surface area contributed by atoms with Crippen molar-refractivity contribution in [3.63, 3.8) is 0 Å². The molecule has 0 aromatic heterocycles. The lowest BCUT2D eigenvalue weighted by Gasteiger charge is -2.32. The number of ether oxygens (including phenoxy) is 1. The molecule has 1 heterocycles. The quantitative estimate of drug-likeness (QED) is 0.905. The summed E-state index contributed by atoms with van der Waals surface area (Å²) in [5.74, 6) is -3.48. The number of hydrogen-bond donors (Lipinski definition) is 1. The van der Waals surface area contributed by atoms with Crippen LogP contribution in [0.2, 0.25) is 0 Å². The molecule has 0 amide bonds. The number of hydrogen-bond acceptors (Lipinski definition) is 3. The van der Waals surface area contributed by atoms with Gasteiger partial charge in [0.25, 0.3) is 0 Å². The molecule has 0 spiro atoms. The Labute approximate surface area is 150 Å². The zero-order chi connectivity index (χ0) is 18.1. The number of halogens is 3. The van der Waals surface area contributed by atoms with Crippen LogP contribution in [0.1, 0.15) is 23.7 Å². The standard InChI is InChI=1S/C20H21F3N2O/c21-14-11-16(22)20(17(23)12-14)26-19-15-5-2-1-4-13(15)10-18(19)25-8-3-6-24-7-9-25/h1-2,4-5,11-12,18-19,24H,3,6-10H2/t18-,19+/m1/s1. The van der Waals surface area contributed by atoms with E-state index in [1.807, 2.05) is 24.3 Å². The van der Waals surface area contributed by atoms with E-state index in [1.54, 1.807) is 0 Å². The Bertz CT molecular complexity index is 767. The second kappa shape index (κ2) is 7.29. The van der Waals surface area contributed by atoms with E-state index < -0.39 is 29.3 Å². The third-order valence-electron chi connectivity index (χ3n) is 5.19. The van der Waals surface area contributed by atoms with Crippen LogP contribution in [0.3, 0.4) is 0 Å². The lowest BCUT2D eigenvalue weighted by molar-refractivity contribution is 0.0756. The van der Waals surface area contributed by atoms with Crippen LogP contribution < -0.4 is 10.1 Å². The van der Waals surface area contributed by atoms with Gasteiger partial charge in [-0.25, -0.2) is 13.2 Å². The number of nitrogens with zero attached hydrogens (tertiary/aromatic N) is 1. The Morgan fingerprint density at radius 3 is 2.58 bits per heavy atom. The van der Waals surface area contributed by atoms with E-state index in [0.29, 0.717) is 12.1 Å². The van der Waals surface area contributed by atoms with Crippen LogP contribution in [-0.4, -0.2) is 37.1 Å². The van der Waals surface area contributed by atoms with Crippen molar-refractivity contribution in [3.8, 4) is 5.75 Å². The Morgan fingerprint density at radius 2 is 1.77 bits per heavy atom. The van der Waals surface area contributed by atoms with E-state index in [1.165, 1.54) is 0 Å². The minimum absolute atomic E-state index is 0.00356. The minimum Gasteiger partial charge on any atom is -0.478 e. The maximum Gasteiger partial charge on any atom is 0.191 e. The Balaban J connectivity index is 1.68. The van der Waals surface area contributed by atoms with E-state index >= 15 is 0 Å². The molecule has 138 valence electrons. The number of benzene rings is 2. The molecule has 6 heteroatoms. The summed E-state index contributed by atoms with van der Waals surface area (Å²) in [5.41, 5.74) is 2.07. The highest BCUT2D eigenvalue weighted by atomic mass is 19.1. The molecule has 0 unspecified atom stereocenters. The molecule has 26 heavy (non-hydrogen) atoms. The lowest BCUT2D eigenvalue weighted by atomic mass is 10.1. The minimum atomic E-state index is -1.01. The molecular weight excluding hydrogens is 341 g/mol. The van der Waals surface area contributed by atoms with Crippen molar-refractivity contribution < 1.29 is 17.9 Å². The van der Waals surface area contributed by atoms with Crippen molar-refractivity contribution in [1.82, 2.24) is 10.2 Å². The topological polar surface area (TPSA) is 24.5 Å². The lowest BCUT2D eigenvalue weighted by Crippen LogP contribution is -2.42. The first-order valence-corrected chi connectivity index (χ1v) is 8.97. The van der Waals surface area contributed by atoms with E-state index in [-0.39, 0.29) is 6.04 Å². The highest BCUT2D eigenvalue weighted by Gasteiger charge is 2.38. The molecule has 0 radical (unpaired) electrons. The van der Waals surface area contributed by atoms with Gasteiger partial charge in [-0.05, 0) is 37.1 Å². The molecule has 2 aromatic carbocycles. The Hall–Kier alpha value is -2.05. The predicted molar refractivity (Wildman–Crippen MR) is 92.7 cm³/mol. The zero-order valence-electron chi connectivity index (χ0n) is 14.4. The van der Waals surface area contributed by atoms with Crippen LogP contribution in [-0.2, 0) is 6.42 Å². The normalized spacial score (nSPS) is 23.5. The van der Waals surface area contributed by atoms with E-state index in [0.717, 1.165) is 50.1 Å². The van der Waals surface area contributed by atoms with Gasteiger partial charge in [0.05, 0.1) is 6.04 Å². The summed E-state index contributed by atoms with van der Waals surface area (Å²) < 4.78 is 47.4. The fourth-order valence-corrected chi connectivity index (χ4v) is 3.97. The van der Waals surface area contributed by atoms with Crippen molar-refractivity contribution >= 4 is 0 Å². The van der Waals surface area contributed by atoms with Gasteiger partial charge in [0.2, 0.25) is 0 Å². The van der Waals surface area contributed by atoms with E-state index in [4.69, 9.17) is 4.74 Å². The van der Waals surface area contributed by atoms with Gasteiger partial charge in [0.15, 0.2) is 17.4 Å². The Kier molecular flexibility index (Phi) is 4.87. The second-order valence-electron chi connectivity index (χ2n) is 6.85. The molecular formula is C20H21F3N2O. The SMILES string of the molecule is Fc1cc(F)c(O[C@H]2c3ccccc3C[C@H]2N2CCCNCC2)c(F)c1. The first-order valence-electron chi connectivity index (χ1n) is 8.97. The summed E-state index contributed by atoms with van der Waals surface area (Å²) in [6.07, 6.45) is 1.29. The van der Waals surface area contributed by atoms with Gasteiger partial charge < -0.3 is 10.1 Å². The maximum atomic E-state index is 14.1. The molecule has 4 rings (SSSR count). The molecule has 3 nitrogen and oxygen atoms in total. The van der Waals surface area contributed by atoms with E-state index in [2.05, 4.69) is 10.2 Å². The van der Waals surface area contributed by atoms with Gasteiger partial charge in [0.1, 0.15) is 11.9 Å². The van der Waals surface area contributed by atoms with Crippen LogP contribution in [0.4, 0.5) is 13.2 Å². The summed E-state index contributed by atoms with van der Waals surface area (Å²) in [5, 5.41) is 3.37. The van der Waals surface area contributed by atoms with Crippen LogP contribution in [0.25, 0.3) is 0 Å². The maximum absolute atomic E-state index is 14.1. The molecule has 1 aliphatic heterocycles. The van der Waals surface area contributed by atoms with Gasteiger partial charge in [-0.3, -0.25) is 4.90 Å². The van der Waals surface area contributed by atoms with Gasteiger partial charge in [-0.1, -0.05) is 24.3 Å².